The fraction of sp³-hybridized carbons (Fsp3) is 0.280. The predicted molar refractivity (Wildman–Crippen MR) is 130 cm³/mol. The third-order valence-electron chi connectivity index (χ3n) is 5.87. The molecule has 0 amide bonds. The molecule has 1 unspecified atom stereocenters. The summed E-state index contributed by atoms with van der Waals surface area (Å²) >= 11 is 1.74. The molecular weight excluding hydrogens is 420 g/mol. The Bertz CT molecular complexity index is 1140. The van der Waals surface area contributed by atoms with Gasteiger partial charge in [0.25, 0.3) is 0 Å². The number of nitrogens with zero attached hydrogens (tertiary/aromatic N) is 3. The molecule has 1 aliphatic rings. The van der Waals surface area contributed by atoms with Crippen LogP contribution in [-0.2, 0) is 0 Å². The van der Waals surface area contributed by atoms with Gasteiger partial charge in [-0.1, -0.05) is 24.8 Å². The number of likely N-dealkylation sites (tertiary alicyclic amines) is 1. The number of methoxy groups -OCH3 is 1. The number of allylic oxidation sites excluding steroid dienone is 1. The number of nitrogens with two attached hydrogens (primary N) is 1. The summed E-state index contributed by atoms with van der Waals surface area (Å²) in [4.78, 5) is 7.57. The minimum Gasteiger partial charge on any atom is -0.496 e. The molecule has 1 aliphatic heterocycles. The fourth-order valence-electron chi connectivity index (χ4n) is 4.21. The number of oxazole rings is 1. The van der Waals surface area contributed by atoms with Gasteiger partial charge in [-0.15, -0.1) is 11.8 Å². The highest BCUT2D eigenvalue weighted by atomic mass is 32.2. The van der Waals surface area contributed by atoms with Crippen molar-refractivity contribution in [1.29, 1.82) is 0 Å². The van der Waals surface area contributed by atoms with E-state index in [1.54, 1.807) is 25.1 Å². The molecule has 2 heterocycles. The average Bonchev–Trinajstić information content (AvgIpc) is 3.26. The number of aromatic nitrogens is 1. The van der Waals surface area contributed by atoms with Crippen LogP contribution in [0.3, 0.4) is 0 Å². The molecule has 1 fully saturated rings. The molecule has 32 heavy (non-hydrogen) atoms. The first kappa shape index (κ1) is 22.0. The molecule has 3 aromatic rings. The molecule has 1 saturated heterocycles. The van der Waals surface area contributed by atoms with Crippen molar-refractivity contribution in [3.8, 4) is 17.1 Å². The number of ether oxygens (including phenoxy) is 1. The zero-order chi connectivity index (χ0) is 22.7. The van der Waals surface area contributed by atoms with Gasteiger partial charge in [-0.25, -0.2) is 4.98 Å². The number of hydrogen-bond donors (Lipinski definition) is 1. The standard InChI is InChI=1S/C25H28N4O2S/c1-16-21(18-7-10-20(32-4)11-8-18)6-5-13-29(16)25(28-26)19-9-12-22(23(14-19)30-3)24-15-27-17(2)31-24/h7-12,14-15,21H,1,5-6,13,26H2,2-4H3/b28-25-. The van der Waals surface area contributed by atoms with E-state index in [9.17, 15) is 0 Å². The Morgan fingerprint density at radius 3 is 2.69 bits per heavy atom. The first-order valence-electron chi connectivity index (χ1n) is 10.5. The van der Waals surface area contributed by atoms with E-state index in [1.807, 2.05) is 25.1 Å². The topological polar surface area (TPSA) is 76.9 Å². The molecule has 0 radical (unpaired) electrons. The summed E-state index contributed by atoms with van der Waals surface area (Å²) in [5.41, 5.74) is 3.97. The van der Waals surface area contributed by atoms with Crippen LogP contribution in [0.25, 0.3) is 11.3 Å². The van der Waals surface area contributed by atoms with Crippen molar-refractivity contribution in [2.24, 2.45) is 10.9 Å². The van der Waals surface area contributed by atoms with Gasteiger partial charge in [0.15, 0.2) is 17.5 Å². The number of piperidine rings is 1. The van der Waals surface area contributed by atoms with Crippen LogP contribution < -0.4 is 10.6 Å². The number of rotatable bonds is 5. The van der Waals surface area contributed by atoms with Crippen molar-refractivity contribution in [3.05, 3.63) is 78.0 Å². The summed E-state index contributed by atoms with van der Waals surface area (Å²) in [5.74, 6) is 8.75. The highest BCUT2D eigenvalue weighted by Crippen LogP contribution is 2.37. The van der Waals surface area contributed by atoms with Crippen LogP contribution in [-0.4, -0.2) is 35.6 Å². The molecule has 0 aliphatic carbocycles. The smallest absolute Gasteiger partial charge is 0.191 e. The molecule has 0 saturated carbocycles. The van der Waals surface area contributed by atoms with E-state index < -0.39 is 0 Å². The van der Waals surface area contributed by atoms with Crippen LogP contribution in [0.15, 0.2) is 75.4 Å². The Kier molecular flexibility index (Phi) is 6.55. The molecule has 2 aromatic carbocycles. The Balaban J connectivity index is 1.63. The predicted octanol–water partition coefficient (Wildman–Crippen LogP) is 5.39. The normalized spacial score (nSPS) is 17.0. The zero-order valence-electron chi connectivity index (χ0n) is 18.7. The zero-order valence-corrected chi connectivity index (χ0v) is 19.5. The van der Waals surface area contributed by atoms with E-state index in [2.05, 4.69) is 52.1 Å². The number of hydrazone groups is 1. The van der Waals surface area contributed by atoms with E-state index in [0.29, 0.717) is 23.2 Å². The van der Waals surface area contributed by atoms with E-state index in [1.165, 1.54) is 10.5 Å². The van der Waals surface area contributed by atoms with Gasteiger partial charge in [-0.2, -0.15) is 5.10 Å². The molecule has 1 aromatic heterocycles. The Hall–Kier alpha value is -3.19. The van der Waals surface area contributed by atoms with Gasteiger partial charge in [0.2, 0.25) is 0 Å². The maximum atomic E-state index is 5.90. The van der Waals surface area contributed by atoms with Crippen LogP contribution in [0.2, 0.25) is 0 Å². The van der Waals surface area contributed by atoms with Gasteiger partial charge in [-0.3, -0.25) is 0 Å². The third kappa shape index (κ3) is 4.25. The second-order valence-electron chi connectivity index (χ2n) is 7.72. The summed E-state index contributed by atoms with van der Waals surface area (Å²) in [7, 11) is 1.64. The lowest BCUT2D eigenvalue weighted by Gasteiger charge is -2.37. The number of amidine groups is 1. The van der Waals surface area contributed by atoms with Gasteiger partial charge in [0.1, 0.15) is 5.75 Å². The minimum absolute atomic E-state index is 0.231. The van der Waals surface area contributed by atoms with E-state index in [4.69, 9.17) is 15.0 Å². The molecule has 0 spiro atoms. The van der Waals surface area contributed by atoms with Gasteiger partial charge in [-0.05, 0) is 48.9 Å². The highest BCUT2D eigenvalue weighted by molar-refractivity contribution is 7.98. The largest absolute Gasteiger partial charge is 0.496 e. The number of thioether (sulfide) groups is 1. The lowest BCUT2D eigenvalue weighted by atomic mass is 9.87. The van der Waals surface area contributed by atoms with Crippen LogP contribution >= 0.6 is 11.8 Å². The second kappa shape index (κ2) is 9.53. The number of benzene rings is 2. The molecular formula is C25H28N4O2S. The highest BCUT2D eigenvalue weighted by Gasteiger charge is 2.29. The minimum atomic E-state index is 0.231. The lowest BCUT2D eigenvalue weighted by molar-refractivity contribution is 0.382. The maximum absolute atomic E-state index is 5.90. The number of hydrogen-bond acceptors (Lipinski definition) is 6. The Labute approximate surface area is 193 Å². The third-order valence-corrected chi connectivity index (χ3v) is 6.61. The summed E-state index contributed by atoms with van der Waals surface area (Å²) in [6, 6.07) is 14.6. The van der Waals surface area contributed by atoms with E-state index in [0.717, 1.165) is 36.2 Å². The number of aryl methyl sites for hydroxylation is 1. The van der Waals surface area contributed by atoms with Crippen LogP contribution in [0, 0.1) is 6.92 Å². The van der Waals surface area contributed by atoms with Crippen molar-refractivity contribution in [2.75, 3.05) is 19.9 Å². The fourth-order valence-corrected chi connectivity index (χ4v) is 4.62. The molecule has 6 nitrogen and oxygen atoms in total. The molecule has 2 N–H and O–H groups in total. The van der Waals surface area contributed by atoms with Gasteiger partial charge in [0.05, 0.1) is 18.9 Å². The van der Waals surface area contributed by atoms with Crippen molar-refractivity contribution in [1.82, 2.24) is 9.88 Å². The average molecular weight is 449 g/mol. The lowest BCUT2D eigenvalue weighted by Crippen LogP contribution is -2.38. The molecule has 0 bridgehead atoms. The van der Waals surface area contributed by atoms with Crippen molar-refractivity contribution < 1.29 is 9.15 Å². The molecule has 166 valence electrons. The van der Waals surface area contributed by atoms with Gasteiger partial charge >= 0.3 is 0 Å². The van der Waals surface area contributed by atoms with Crippen molar-refractivity contribution in [3.63, 3.8) is 0 Å². The van der Waals surface area contributed by atoms with E-state index in [-0.39, 0.29) is 5.92 Å². The molecule has 7 heteroatoms. The van der Waals surface area contributed by atoms with Crippen LogP contribution in [0.4, 0.5) is 0 Å². The quantitative estimate of drug-likeness (QED) is 0.185. The second-order valence-corrected chi connectivity index (χ2v) is 8.60. The summed E-state index contributed by atoms with van der Waals surface area (Å²) in [6.07, 6.45) is 5.87. The van der Waals surface area contributed by atoms with E-state index >= 15 is 0 Å². The van der Waals surface area contributed by atoms with Crippen molar-refractivity contribution >= 4 is 17.6 Å². The molecule has 1 atom stereocenters. The van der Waals surface area contributed by atoms with Gasteiger partial charge in [0, 0.05) is 35.5 Å². The van der Waals surface area contributed by atoms with Gasteiger partial charge < -0.3 is 19.9 Å². The summed E-state index contributed by atoms with van der Waals surface area (Å²) in [6.45, 7) is 7.07. The van der Waals surface area contributed by atoms with Crippen LogP contribution in [0.5, 0.6) is 5.75 Å². The van der Waals surface area contributed by atoms with Crippen molar-refractivity contribution in [2.45, 2.75) is 30.6 Å². The van der Waals surface area contributed by atoms with Crippen LogP contribution in [0.1, 0.15) is 35.8 Å². The Morgan fingerprint density at radius 2 is 2.06 bits per heavy atom. The monoisotopic (exact) mass is 448 g/mol. The maximum Gasteiger partial charge on any atom is 0.191 e. The SMILES string of the molecule is C=C1C(c2ccc(SC)cc2)CCCN1/C(=N\N)c1ccc(-c2cnc(C)o2)c(OC)c1. The first-order valence-corrected chi connectivity index (χ1v) is 11.8. The summed E-state index contributed by atoms with van der Waals surface area (Å²) < 4.78 is 11.3. The molecule has 4 rings (SSSR count). The summed E-state index contributed by atoms with van der Waals surface area (Å²) in [5, 5.41) is 4.16. The first-order chi connectivity index (χ1) is 15.5. The Morgan fingerprint density at radius 1 is 1.28 bits per heavy atom.